The van der Waals surface area contributed by atoms with Crippen LogP contribution in [-0.4, -0.2) is 47.5 Å². The molecule has 0 aromatic heterocycles. The largest absolute Gasteiger partial charge is 0.493 e. The highest BCUT2D eigenvalue weighted by molar-refractivity contribution is 5.90. The molecular weight excluding hydrogens is 282 g/mol. The molecule has 1 rings (SSSR count). The van der Waals surface area contributed by atoms with Gasteiger partial charge in [-0.2, -0.15) is 0 Å². The third kappa shape index (κ3) is 3.83. The molecule has 2 atom stereocenters. The number of benzene rings is 1. The molecule has 0 saturated carbocycles. The number of primary amides is 1. The Morgan fingerprint density at radius 1 is 1.19 bits per heavy atom. The Hall–Kier alpha value is -2.32. The second-order valence-corrected chi connectivity index (χ2v) is 4.28. The first-order chi connectivity index (χ1) is 9.81. The van der Waals surface area contributed by atoms with Gasteiger partial charge in [-0.05, 0) is 12.1 Å². The molecule has 21 heavy (non-hydrogen) atoms. The van der Waals surface area contributed by atoms with E-state index in [4.69, 9.17) is 15.2 Å². The molecule has 8 heteroatoms. The van der Waals surface area contributed by atoms with E-state index in [1.54, 1.807) is 0 Å². The highest BCUT2D eigenvalue weighted by atomic mass is 16.5. The van der Waals surface area contributed by atoms with Gasteiger partial charge in [-0.25, -0.2) is 4.79 Å². The summed E-state index contributed by atoms with van der Waals surface area (Å²) < 4.78 is 10.0. The van der Waals surface area contributed by atoms with E-state index < -0.39 is 30.5 Å². The molecule has 0 aliphatic rings. The fourth-order valence-electron chi connectivity index (χ4n) is 1.85. The fraction of sp³-hybridized carbons (Fsp3) is 0.385. The van der Waals surface area contributed by atoms with Crippen molar-refractivity contribution < 1.29 is 34.4 Å². The smallest absolute Gasteiger partial charge is 0.336 e. The van der Waals surface area contributed by atoms with E-state index in [1.165, 1.54) is 20.3 Å². The Bertz CT molecular complexity index is 544. The molecule has 0 fully saturated rings. The first-order valence-electron chi connectivity index (χ1n) is 5.95. The number of hydrogen-bond acceptors (Lipinski definition) is 6. The molecule has 0 aliphatic carbocycles. The zero-order chi connectivity index (χ0) is 16.2. The van der Waals surface area contributed by atoms with Crippen molar-refractivity contribution in [1.82, 2.24) is 0 Å². The van der Waals surface area contributed by atoms with Crippen LogP contribution in [0.5, 0.6) is 11.5 Å². The van der Waals surface area contributed by atoms with E-state index in [1.807, 2.05) is 0 Å². The zero-order valence-corrected chi connectivity index (χ0v) is 11.6. The Morgan fingerprint density at radius 3 is 2.14 bits per heavy atom. The number of amides is 1. The number of rotatable bonds is 7. The minimum atomic E-state index is -1.61. The van der Waals surface area contributed by atoms with Gasteiger partial charge in [0.25, 0.3) is 0 Å². The molecule has 8 nitrogen and oxygen atoms in total. The number of carboxylic acids is 1. The highest BCUT2D eigenvalue weighted by Crippen LogP contribution is 2.34. The molecule has 0 radical (unpaired) electrons. The van der Waals surface area contributed by atoms with Crippen LogP contribution in [0.2, 0.25) is 0 Å². The first kappa shape index (κ1) is 16.7. The van der Waals surface area contributed by atoms with Crippen molar-refractivity contribution in [2.24, 2.45) is 5.73 Å². The van der Waals surface area contributed by atoms with E-state index >= 15 is 0 Å². The number of aromatic carboxylic acids is 1. The van der Waals surface area contributed by atoms with E-state index in [2.05, 4.69) is 0 Å². The van der Waals surface area contributed by atoms with E-state index in [0.29, 0.717) is 0 Å². The maximum absolute atomic E-state index is 11.3. The Morgan fingerprint density at radius 2 is 1.71 bits per heavy atom. The summed E-state index contributed by atoms with van der Waals surface area (Å²) in [6.07, 6.45) is -3.64. The highest BCUT2D eigenvalue weighted by Gasteiger charge is 2.27. The maximum atomic E-state index is 11.3. The van der Waals surface area contributed by atoms with Crippen molar-refractivity contribution in [3.05, 3.63) is 23.3 Å². The van der Waals surface area contributed by atoms with Gasteiger partial charge >= 0.3 is 5.97 Å². The van der Waals surface area contributed by atoms with Gasteiger partial charge in [0.15, 0.2) is 11.5 Å². The molecule has 1 aromatic carbocycles. The molecule has 116 valence electrons. The van der Waals surface area contributed by atoms with E-state index in [9.17, 15) is 24.9 Å². The van der Waals surface area contributed by atoms with Crippen molar-refractivity contribution in [1.29, 1.82) is 0 Å². The lowest BCUT2D eigenvalue weighted by Gasteiger charge is -2.20. The predicted molar refractivity (Wildman–Crippen MR) is 71.3 cm³/mol. The van der Waals surface area contributed by atoms with Gasteiger partial charge in [0, 0.05) is 5.56 Å². The number of ether oxygens (including phenoxy) is 2. The van der Waals surface area contributed by atoms with Crippen LogP contribution in [0, 0.1) is 0 Å². The lowest BCUT2D eigenvalue weighted by Crippen LogP contribution is -2.26. The van der Waals surface area contributed by atoms with Gasteiger partial charge < -0.3 is 30.5 Å². The van der Waals surface area contributed by atoms with Gasteiger partial charge in [-0.15, -0.1) is 0 Å². The normalized spacial score (nSPS) is 13.3. The number of carboxylic acid groups (broad SMARTS) is 1. The van der Waals surface area contributed by atoms with Crippen molar-refractivity contribution >= 4 is 11.9 Å². The maximum Gasteiger partial charge on any atom is 0.336 e. The number of methoxy groups -OCH3 is 2. The van der Waals surface area contributed by atoms with Gasteiger partial charge in [0.1, 0.15) is 6.10 Å². The van der Waals surface area contributed by atoms with Crippen LogP contribution >= 0.6 is 0 Å². The minimum Gasteiger partial charge on any atom is -0.493 e. The molecular formula is C13H17NO7. The summed E-state index contributed by atoms with van der Waals surface area (Å²) in [7, 11) is 2.68. The Labute approximate surface area is 120 Å². The lowest BCUT2D eigenvalue weighted by atomic mass is 9.96. The third-order valence-electron chi connectivity index (χ3n) is 2.88. The zero-order valence-electron chi connectivity index (χ0n) is 11.6. The summed E-state index contributed by atoms with van der Waals surface area (Å²) in [4.78, 5) is 22.0. The average Bonchev–Trinajstić information content (AvgIpc) is 2.43. The molecule has 0 aliphatic heterocycles. The molecule has 1 aromatic rings. The molecule has 1 amide bonds. The van der Waals surface area contributed by atoms with Gasteiger partial charge in [0.2, 0.25) is 5.91 Å². The second kappa shape index (κ2) is 6.91. The van der Waals surface area contributed by atoms with Crippen molar-refractivity contribution in [3.8, 4) is 11.5 Å². The van der Waals surface area contributed by atoms with Crippen LogP contribution in [-0.2, 0) is 4.79 Å². The molecule has 5 N–H and O–H groups in total. The Kier molecular flexibility index (Phi) is 5.51. The summed E-state index contributed by atoms with van der Waals surface area (Å²) in [5.41, 5.74) is 4.56. The van der Waals surface area contributed by atoms with Gasteiger partial charge in [-0.1, -0.05) is 0 Å². The summed E-state index contributed by atoms with van der Waals surface area (Å²) in [6.45, 7) is 0. The number of hydrogen-bond donors (Lipinski definition) is 4. The standard InChI is InChI=1S/C13H17NO7/c1-20-9-3-6(12(17)8(15)5-11(14)16)7(13(18)19)4-10(9)21-2/h3-4,8,12,15,17H,5H2,1-2H3,(H2,14,16)(H,18,19). The minimum absolute atomic E-state index is 0.103. The van der Waals surface area contributed by atoms with Crippen molar-refractivity contribution in [3.63, 3.8) is 0 Å². The van der Waals surface area contributed by atoms with Crippen LogP contribution in [0.1, 0.15) is 28.4 Å². The van der Waals surface area contributed by atoms with E-state index in [-0.39, 0.29) is 22.6 Å². The second-order valence-electron chi connectivity index (χ2n) is 4.28. The summed E-state index contributed by atoms with van der Waals surface area (Å²) in [5, 5.41) is 28.9. The summed E-state index contributed by atoms with van der Waals surface area (Å²) >= 11 is 0. The van der Waals surface area contributed by atoms with Crippen LogP contribution in [0.4, 0.5) is 0 Å². The average molecular weight is 299 g/mol. The molecule has 0 saturated heterocycles. The van der Waals surface area contributed by atoms with Gasteiger partial charge in [0.05, 0.1) is 32.3 Å². The van der Waals surface area contributed by atoms with E-state index in [0.717, 1.165) is 6.07 Å². The fourth-order valence-corrected chi connectivity index (χ4v) is 1.85. The summed E-state index contributed by atoms with van der Waals surface area (Å²) in [5.74, 6) is -1.80. The molecule has 2 unspecified atom stereocenters. The number of aliphatic hydroxyl groups excluding tert-OH is 2. The first-order valence-corrected chi connectivity index (χ1v) is 5.95. The third-order valence-corrected chi connectivity index (χ3v) is 2.88. The van der Waals surface area contributed by atoms with Crippen LogP contribution < -0.4 is 15.2 Å². The molecule has 0 heterocycles. The predicted octanol–water partition coefficient (Wildman–Crippen LogP) is -0.328. The van der Waals surface area contributed by atoms with Crippen LogP contribution in [0.15, 0.2) is 12.1 Å². The summed E-state index contributed by atoms with van der Waals surface area (Å²) in [6, 6.07) is 2.40. The van der Waals surface area contributed by atoms with Crippen molar-refractivity contribution in [2.45, 2.75) is 18.6 Å². The SMILES string of the molecule is COc1cc(C(=O)O)c(C(O)C(O)CC(N)=O)cc1OC. The lowest BCUT2D eigenvalue weighted by molar-refractivity contribution is -0.121. The van der Waals surface area contributed by atoms with Crippen molar-refractivity contribution in [2.75, 3.05) is 14.2 Å². The van der Waals surface area contributed by atoms with Gasteiger partial charge in [-0.3, -0.25) is 4.79 Å². The number of nitrogens with two attached hydrogens (primary N) is 1. The number of carbonyl (C=O) groups is 2. The van der Waals surface area contributed by atoms with Crippen LogP contribution in [0.3, 0.4) is 0 Å². The number of carbonyl (C=O) groups excluding carboxylic acids is 1. The molecule has 0 bridgehead atoms. The Balaban J connectivity index is 3.31. The number of aliphatic hydroxyl groups is 2. The molecule has 0 spiro atoms. The topological polar surface area (TPSA) is 139 Å². The monoisotopic (exact) mass is 299 g/mol. The van der Waals surface area contributed by atoms with Crippen LogP contribution in [0.25, 0.3) is 0 Å². The quantitative estimate of drug-likeness (QED) is 0.540.